The van der Waals surface area contributed by atoms with Gasteiger partial charge in [0.05, 0.1) is 12.8 Å². The average Bonchev–Trinajstić information content (AvgIpc) is 1.84. The standard InChI is InChI=1S/C4H8O3S/c1-3-4-7-8(2,5)6/h3H,1,4H2,2H3/i2D. The lowest BCUT2D eigenvalue weighted by molar-refractivity contribution is 0.362. The number of rotatable bonds is 3. The summed E-state index contributed by atoms with van der Waals surface area (Å²) in [7, 11) is -3.59. The van der Waals surface area contributed by atoms with Crippen LogP contribution in [0.4, 0.5) is 0 Å². The normalized spacial score (nSPS) is 12.8. The summed E-state index contributed by atoms with van der Waals surface area (Å²) in [5.74, 6) is 0. The van der Waals surface area contributed by atoms with E-state index >= 15 is 0 Å². The topological polar surface area (TPSA) is 43.4 Å². The zero-order valence-corrected chi connectivity index (χ0v) is 5.15. The minimum Gasteiger partial charge on any atom is -0.266 e. The quantitative estimate of drug-likeness (QED) is 0.410. The zero-order chi connectivity index (χ0) is 7.33. The van der Waals surface area contributed by atoms with E-state index in [1.54, 1.807) is 0 Å². The first kappa shape index (κ1) is 5.78. The molecule has 0 aromatic carbocycles. The predicted molar refractivity (Wildman–Crippen MR) is 31.0 cm³/mol. The van der Waals surface area contributed by atoms with Crippen LogP contribution < -0.4 is 0 Å². The SMILES string of the molecule is [2H]CS(=O)(=O)OCC=C. The molecule has 48 valence electrons. The predicted octanol–water partition coefficient (Wildman–Crippen LogP) is 0.149. The van der Waals surface area contributed by atoms with Crippen molar-refractivity contribution in [3.8, 4) is 0 Å². The molecule has 0 atom stereocenters. The lowest BCUT2D eigenvalue weighted by Crippen LogP contribution is -2.01. The third-order valence-corrected chi connectivity index (χ3v) is 0.861. The molecule has 0 heterocycles. The van der Waals surface area contributed by atoms with Crippen LogP contribution in [0.15, 0.2) is 12.7 Å². The van der Waals surface area contributed by atoms with Crippen LogP contribution in [0.25, 0.3) is 0 Å². The van der Waals surface area contributed by atoms with E-state index in [4.69, 9.17) is 1.37 Å². The van der Waals surface area contributed by atoms with Gasteiger partial charge in [0.15, 0.2) is 0 Å². The van der Waals surface area contributed by atoms with Gasteiger partial charge in [0.1, 0.15) is 0 Å². The first-order chi connectivity index (χ1) is 4.12. The van der Waals surface area contributed by atoms with Gasteiger partial charge in [0.25, 0.3) is 10.1 Å². The molecular weight excluding hydrogens is 128 g/mol. The van der Waals surface area contributed by atoms with E-state index in [0.717, 1.165) is 0 Å². The Morgan fingerprint density at radius 2 is 2.62 bits per heavy atom. The molecule has 0 saturated carbocycles. The Bertz CT molecular complexity index is 172. The van der Waals surface area contributed by atoms with Crippen molar-refractivity contribution in [1.82, 2.24) is 0 Å². The van der Waals surface area contributed by atoms with Crippen molar-refractivity contribution >= 4 is 10.1 Å². The van der Waals surface area contributed by atoms with Crippen LogP contribution in [-0.2, 0) is 14.3 Å². The van der Waals surface area contributed by atoms with Gasteiger partial charge < -0.3 is 0 Å². The Morgan fingerprint density at radius 1 is 2.00 bits per heavy atom. The maximum Gasteiger partial charge on any atom is 0.264 e. The van der Waals surface area contributed by atoms with Crippen LogP contribution in [0, 0.1) is 0 Å². The first-order valence-corrected chi connectivity index (χ1v) is 3.47. The highest BCUT2D eigenvalue weighted by Gasteiger charge is 1.95. The molecule has 0 aromatic rings. The summed E-state index contributed by atoms with van der Waals surface area (Å²) >= 11 is 0. The summed E-state index contributed by atoms with van der Waals surface area (Å²) in [6.07, 6.45) is 0.577. The molecule has 0 aliphatic rings. The lowest BCUT2D eigenvalue weighted by Gasteiger charge is -1.91. The van der Waals surface area contributed by atoms with Gasteiger partial charge in [-0.05, 0) is 0 Å². The molecule has 4 heteroatoms. The summed E-state index contributed by atoms with van der Waals surface area (Å²) < 4.78 is 31.2. The summed E-state index contributed by atoms with van der Waals surface area (Å²) in [6.45, 7) is 3.19. The van der Waals surface area contributed by atoms with Crippen molar-refractivity contribution < 1.29 is 14.0 Å². The Labute approximate surface area is 50.5 Å². The Morgan fingerprint density at radius 3 is 3.00 bits per heavy atom. The van der Waals surface area contributed by atoms with E-state index in [1.807, 2.05) is 0 Å². The van der Waals surface area contributed by atoms with Crippen LogP contribution in [0.5, 0.6) is 0 Å². The molecule has 0 fully saturated rings. The lowest BCUT2D eigenvalue weighted by atomic mass is 10.7. The van der Waals surface area contributed by atoms with Gasteiger partial charge >= 0.3 is 0 Å². The van der Waals surface area contributed by atoms with Gasteiger partial charge in [0, 0.05) is 1.37 Å². The molecule has 0 aromatic heterocycles. The van der Waals surface area contributed by atoms with Crippen LogP contribution in [0.3, 0.4) is 0 Å². The minimum absolute atomic E-state index is 0.0544. The van der Waals surface area contributed by atoms with Crippen LogP contribution in [-0.4, -0.2) is 21.3 Å². The van der Waals surface area contributed by atoms with E-state index in [2.05, 4.69) is 10.8 Å². The van der Waals surface area contributed by atoms with Gasteiger partial charge in [0.2, 0.25) is 0 Å². The van der Waals surface area contributed by atoms with Crippen molar-refractivity contribution in [2.24, 2.45) is 0 Å². The average molecular weight is 137 g/mol. The van der Waals surface area contributed by atoms with Crippen molar-refractivity contribution in [1.29, 1.82) is 0 Å². The Kier molecular flexibility index (Phi) is 2.05. The maximum absolute atomic E-state index is 10.3. The zero-order valence-electron chi connectivity index (χ0n) is 5.33. The van der Waals surface area contributed by atoms with Crippen molar-refractivity contribution in [3.05, 3.63) is 12.7 Å². The second-order valence-corrected chi connectivity index (χ2v) is 2.48. The Hall–Kier alpha value is -0.350. The van der Waals surface area contributed by atoms with Gasteiger partial charge in [-0.25, -0.2) is 0 Å². The van der Waals surface area contributed by atoms with Gasteiger partial charge in [-0.3, -0.25) is 4.18 Å². The minimum atomic E-state index is -3.59. The Balaban J connectivity index is 3.74. The smallest absolute Gasteiger partial charge is 0.264 e. The summed E-state index contributed by atoms with van der Waals surface area (Å²) in [5.41, 5.74) is 0. The van der Waals surface area contributed by atoms with Crippen molar-refractivity contribution in [2.75, 3.05) is 12.8 Å². The van der Waals surface area contributed by atoms with Crippen molar-refractivity contribution in [2.45, 2.75) is 0 Å². The second kappa shape index (κ2) is 2.84. The molecule has 0 aliphatic carbocycles. The molecule has 0 N–H and O–H groups in total. The van der Waals surface area contributed by atoms with Crippen LogP contribution in [0.2, 0.25) is 0 Å². The molecule has 0 unspecified atom stereocenters. The molecular formula is C4H8O3S. The van der Waals surface area contributed by atoms with E-state index < -0.39 is 16.3 Å². The summed E-state index contributed by atoms with van der Waals surface area (Å²) in [4.78, 5) is 0. The van der Waals surface area contributed by atoms with Gasteiger partial charge in [-0.15, -0.1) is 6.58 Å². The van der Waals surface area contributed by atoms with Crippen molar-refractivity contribution in [3.63, 3.8) is 0 Å². The second-order valence-electron chi connectivity index (χ2n) is 1.13. The highest BCUT2D eigenvalue weighted by atomic mass is 32.2. The highest BCUT2D eigenvalue weighted by Crippen LogP contribution is 1.83. The molecule has 3 nitrogen and oxygen atoms in total. The monoisotopic (exact) mass is 137 g/mol. The molecule has 0 radical (unpaired) electrons. The number of hydrogen-bond acceptors (Lipinski definition) is 3. The third-order valence-electron chi connectivity index (χ3n) is 0.365. The fourth-order valence-corrected chi connectivity index (χ4v) is 0.455. The summed E-state index contributed by atoms with van der Waals surface area (Å²) in [5, 5.41) is 0. The first-order valence-electron chi connectivity index (χ1n) is 2.60. The van der Waals surface area contributed by atoms with Crippen LogP contribution in [0.1, 0.15) is 1.37 Å². The third kappa shape index (κ3) is 5.65. The molecule has 0 saturated heterocycles. The fraction of sp³-hybridized carbons (Fsp3) is 0.500. The number of hydrogen-bond donors (Lipinski definition) is 0. The molecule has 0 bridgehead atoms. The molecule has 0 rings (SSSR count). The van der Waals surface area contributed by atoms with E-state index in [-0.39, 0.29) is 6.61 Å². The van der Waals surface area contributed by atoms with E-state index in [9.17, 15) is 8.42 Å². The van der Waals surface area contributed by atoms with E-state index in [1.165, 1.54) is 6.08 Å². The van der Waals surface area contributed by atoms with Gasteiger partial charge in [-0.1, -0.05) is 6.08 Å². The fourth-order valence-electron chi connectivity index (χ4n) is 0.152. The summed E-state index contributed by atoms with van der Waals surface area (Å²) in [6, 6.07) is 0. The molecule has 0 aliphatic heterocycles. The highest BCUT2D eigenvalue weighted by molar-refractivity contribution is 7.85. The molecule has 8 heavy (non-hydrogen) atoms. The maximum atomic E-state index is 10.3. The van der Waals surface area contributed by atoms with Crippen LogP contribution >= 0.6 is 0 Å². The molecule has 0 spiro atoms. The largest absolute Gasteiger partial charge is 0.266 e. The molecule has 0 amide bonds. The van der Waals surface area contributed by atoms with E-state index in [0.29, 0.717) is 0 Å². The van der Waals surface area contributed by atoms with Gasteiger partial charge in [-0.2, -0.15) is 8.42 Å².